The first-order valence-corrected chi connectivity index (χ1v) is 7.28. The van der Waals surface area contributed by atoms with Gasteiger partial charge < -0.3 is 15.5 Å². The van der Waals surface area contributed by atoms with Crippen molar-refractivity contribution in [1.29, 1.82) is 0 Å². The normalized spacial score (nSPS) is 18.0. The zero-order chi connectivity index (χ0) is 17.2. The van der Waals surface area contributed by atoms with Crippen LogP contribution >= 0.6 is 11.6 Å². The van der Waals surface area contributed by atoms with Crippen LogP contribution in [0.1, 0.15) is 18.4 Å². The monoisotopic (exact) mass is 349 g/mol. The van der Waals surface area contributed by atoms with Crippen molar-refractivity contribution in [1.82, 2.24) is 10.2 Å². The standard InChI is InChI=1S/C14H15ClF3N3O2/c1-19-12(22)11-3-2-6-21(11)13(23)20-10-5-4-8(7-9(10)15)14(16,17)18/h4-5,7,11H,2-3,6H2,1H3,(H,19,22)(H,20,23)/t11-/m1/s1. The Labute approximate surface area is 135 Å². The minimum atomic E-state index is -4.51. The van der Waals surface area contributed by atoms with Gasteiger partial charge in [0, 0.05) is 13.6 Å². The molecule has 0 aliphatic carbocycles. The molecule has 1 aromatic carbocycles. The topological polar surface area (TPSA) is 61.4 Å². The minimum Gasteiger partial charge on any atom is -0.357 e. The lowest BCUT2D eigenvalue weighted by Gasteiger charge is -2.24. The van der Waals surface area contributed by atoms with Gasteiger partial charge in [-0.3, -0.25) is 4.79 Å². The van der Waals surface area contributed by atoms with Crippen molar-refractivity contribution in [3.63, 3.8) is 0 Å². The molecule has 5 nitrogen and oxygen atoms in total. The second-order valence-corrected chi connectivity index (χ2v) is 5.50. The fourth-order valence-electron chi connectivity index (χ4n) is 2.43. The maximum atomic E-state index is 12.6. The summed E-state index contributed by atoms with van der Waals surface area (Å²) in [5, 5.41) is 4.71. The quantitative estimate of drug-likeness (QED) is 0.862. The average Bonchev–Trinajstić information content (AvgIpc) is 2.97. The van der Waals surface area contributed by atoms with Gasteiger partial charge in [-0.05, 0) is 31.0 Å². The molecule has 0 radical (unpaired) electrons. The van der Waals surface area contributed by atoms with Crippen LogP contribution in [0.15, 0.2) is 18.2 Å². The Morgan fingerprint density at radius 2 is 2.04 bits per heavy atom. The summed E-state index contributed by atoms with van der Waals surface area (Å²) in [6.45, 7) is 0.391. The molecule has 1 aliphatic heterocycles. The van der Waals surface area contributed by atoms with Crippen LogP contribution in [-0.4, -0.2) is 36.5 Å². The maximum absolute atomic E-state index is 12.6. The highest BCUT2D eigenvalue weighted by Crippen LogP contribution is 2.34. The molecule has 0 spiro atoms. The minimum absolute atomic E-state index is 0.0622. The molecule has 2 N–H and O–H groups in total. The highest BCUT2D eigenvalue weighted by Gasteiger charge is 2.34. The lowest BCUT2D eigenvalue weighted by molar-refractivity contribution is -0.137. The molecule has 0 bridgehead atoms. The van der Waals surface area contributed by atoms with Crippen molar-refractivity contribution in [3.8, 4) is 0 Å². The van der Waals surface area contributed by atoms with Gasteiger partial charge in [-0.2, -0.15) is 13.2 Å². The molecule has 23 heavy (non-hydrogen) atoms. The van der Waals surface area contributed by atoms with Crippen LogP contribution in [0.5, 0.6) is 0 Å². The van der Waals surface area contributed by atoms with Gasteiger partial charge in [0.05, 0.1) is 16.3 Å². The Morgan fingerprint density at radius 3 is 2.61 bits per heavy atom. The molecule has 1 fully saturated rings. The van der Waals surface area contributed by atoms with Crippen molar-refractivity contribution in [2.24, 2.45) is 0 Å². The number of hydrogen-bond donors (Lipinski definition) is 2. The van der Waals surface area contributed by atoms with E-state index in [-0.39, 0.29) is 16.6 Å². The lowest BCUT2D eigenvalue weighted by Crippen LogP contribution is -2.46. The van der Waals surface area contributed by atoms with E-state index in [1.165, 1.54) is 11.9 Å². The lowest BCUT2D eigenvalue weighted by atomic mass is 10.2. The number of alkyl halides is 3. The van der Waals surface area contributed by atoms with E-state index in [4.69, 9.17) is 11.6 Å². The molecule has 1 atom stereocenters. The zero-order valence-electron chi connectivity index (χ0n) is 12.2. The molecule has 1 aliphatic rings. The first-order valence-electron chi connectivity index (χ1n) is 6.90. The number of amides is 3. The Hall–Kier alpha value is -1.96. The molecule has 126 valence electrons. The predicted molar refractivity (Wildman–Crippen MR) is 79.3 cm³/mol. The van der Waals surface area contributed by atoms with Gasteiger partial charge in [-0.1, -0.05) is 11.6 Å². The number of hydrogen-bond acceptors (Lipinski definition) is 2. The van der Waals surface area contributed by atoms with Crippen LogP contribution in [0.2, 0.25) is 5.02 Å². The molecule has 9 heteroatoms. The third kappa shape index (κ3) is 3.87. The smallest absolute Gasteiger partial charge is 0.357 e. The summed E-state index contributed by atoms with van der Waals surface area (Å²) in [6, 6.07) is 1.51. The van der Waals surface area contributed by atoms with Crippen LogP contribution in [0, 0.1) is 0 Å². The van der Waals surface area contributed by atoms with Crippen LogP contribution in [0.3, 0.4) is 0 Å². The number of likely N-dealkylation sites (tertiary alicyclic amines) is 1. The van der Waals surface area contributed by atoms with E-state index in [9.17, 15) is 22.8 Å². The highest BCUT2D eigenvalue weighted by atomic mass is 35.5. The first kappa shape index (κ1) is 17.4. The van der Waals surface area contributed by atoms with Gasteiger partial charge in [0.15, 0.2) is 0 Å². The van der Waals surface area contributed by atoms with E-state index in [0.717, 1.165) is 18.2 Å². The van der Waals surface area contributed by atoms with E-state index in [1.54, 1.807) is 0 Å². The Kier molecular flexibility index (Phi) is 5.03. The number of rotatable bonds is 2. The largest absolute Gasteiger partial charge is 0.416 e. The summed E-state index contributed by atoms with van der Waals surface area (Å²) in [5.41, 5.74) is -0.836. The van der Waals surface area contributed by atoms with Crippen LogP contribution in [-0.2, 0) is 11.0 Å². The number of nitrogens with zero attached hydrogens (tertiary/aromatic N) is 1. The van der Waals surface area contributed by atoms with Gasteiger partial charge in [0.25, 0.3) is 0 Å². The maximum Gasteiger partial charge on any atom is 0.416 e. The van der Waals surface area contributed by atoms with Gasteiger partial charge in [0.1, 0.15) is 6.04 Å². The van der Waals surface area contributed by atoms with Gasteiger partial charge in [-0.25, -0.2) is 4.79 Å². The number of benzene rings is 1. The number of anilines is 1. The highest BCUT2D eigenvalue weighted by molar-refractivity contribution is 6.33. The van der Waals surface area contributed by atoms with Gasteiger partial charge in [0.2, 0.25) is 5.91 Å². The van der Waals surface area contributed by atoms with Crippen molar-refractivity contribution >= 4 is 29.2 Å². The second-order valence-electron chi connectivity index (χ2n) is 5.09. The van der Waals surface area contributed by atoms with Crippen molar-refractivity contribution < 1.29 is 22.8 Å². The van der Waals surface area contributed by atoms with Crippen LogP contribution < -0.4 is 10.6 Å². The summed E-state index contributed by atoms with van der Waals surface area (Å²) < 4.78 is 37.8. The number of nitrogens with one attached hydrogen (secondary N) is 2. The Balaban J connectivity index is 2.13. The molecule has 1 saturated heterocycles. The predicted octanol–water partition coefficient (Wildman–Crippen LogP) is 3.10. The summed E-state index contributed by atoms with van der Waals surface area (Å²) in [7, 11) is 1.48. The van der Waals surface area contributed by atoms with Gasteiger partial charge >= 0.3 is 12.2 Å². The zero-order valence-corrected chi connectivity index (χ0v) is 13.0. The molecule has 3 amide bonds. The summed E-state index contributed by atoms with van der Waals surface area (Å²) >= 11 is 5.80. The third-order valence-electron chi connectivity index (χ3n) is 3.60. The van der Waals surface area contributed by atoms with Crippen LogP contribution in [0.4, 0.5) is 23.7 Å². The first-order chi connectivity index (χ1) is 10.7. The molecule has 0 unspecified atom stereocenters. The van der Waals surface area contributed by atoms with Crippen molar-refractivity contribution in [2.75, 3.05) is 18.9 Å². The molecule has 0 aromatic heterocycles. The molecule has 2 rings (SSSR count). The third-order valence-corrected chi connectivity index (χ3v) is 3.91. The molecular formula is C14H15ClF3N3O2. The van der Waals surface area contributed by atoms with E-state index < -0.39 is 23.8 Å². The van der Waals surface area contributed by atoms with E-state index in [2.05, 4.69) is 10.6 Å². The fourth-order valence-corrected chi connectivity index (χ4v) is 2.66. The summed E-state index contributed by atoms with van der Waals surface area (Å²) in [4.78, 5) is 25.3. The number of carbonyl (C=O) groups is 2. The second kappa shape index (κ2) is 6.66. The molecule has 1 heterocycles. The number of carbonyl (C=O) groups excluding carboxylic acids is 2. The summed E-state index contributed by atoms with van der Waals surface area (Å²) in [6.07, 6.45) is -3.30. The van der Waals surface area contributed by atoms with E-state index in [0.29, 0.717) is 19.4 Å². The van der Waals surface area contributed by atoms with Crippen LogP contribution in [0.25, 0.3) is 0 Å². The van der Waals surface area contributed by atoms with E-state index >= 15 is 0 Å². The SMILES string of the molecule is CNC(=O)[C@H]1CCCN1C(=O)Nc1ccc(C(F)(F)F)cc1Cl. The summed E-state index contributed by atoms with van der Waals surface area (Å²) in [5.74, 6) is -0.281. The fraction of sp³-hybridized carbons (Fsp3) is 0.429. The van der Waals surface area contributed by atoms with Crippen molar-refractivity contribution in [2.45, 2.75) is 25.1 Å². The number of halogens is 4. The van der Waals surface area contributed by atoms with Gasteiger partial charge in [-0.15, -0.1) is 0 Å². The van der Waals surface area contributed by atoms with E-state index in [1.807, 2.05) is 0 Å². The molecule has 0 saturated carbocycles. The Bertz CT molecular complexity index is 622. The number of urea groups is 1. The Morgan fingerprint density at radius 1 is 1.35 bits per heavy atom. The molecule has 1 aromatic rings. The molecular weight excluding hydrogens is 335 g/mol. The average molecular weight is 350 g/mol. The number of likely N-dealkylation sites (N-methyl/N-ethyl adjacent to an activating group) is 1. The van der Waals surface area contributed by atoms with Crippen molar-refractivity contribution in [3.05, 3.63) is 28.8 Å².